The summed E-state index contributed by atoms with van der Waals surface area (Å²) in [5, 5.41) is 0. The van der Waals surface area contributed by atoms with Crippen molar-refractivity contribution in [2.45, 2.75) is 110 Å². The lowest BCUT2D eigenvalue weighted by Crippen LogP contribution is -2.09. The second-order valence-electron chi connectivity index (χ2n) is 9.53. The van der Waals surface area contributed by atoms with Crippen LogP contribution in [0, 0.1) is 0 Å². The molecular formula is C31H47NO3. The smallest absolute Gasteiger partial charge is 0.223 e. The van der Waals surface area contributed by atoms with E-state index in [1.807, 2.05) is 35.0 Å². The summed E-state index contributed by atoms with van der Waals surface area (Å²) < 4.78 is 12.8. The molecule has 2 aromatic rings. The van der Waals surface area contributed by atoms with E-state index in [1.165, 1.54) is 89.9 Å². The van der Waals surface area contributed by atoms with E-state index in [2.05, 4.69) is 13.0 Å². The first-order valence-corrected chi connectivity index (χ1v) is 13.9. The minimum Gasteiger partial charge on any atom is -0.497 e. The fraction of sp³-hybridized carbons (Fsp3) is 0.581. The number of rotatable bonds is 20. The number of ether oxygens (including phenoxy) is 2. The molecule has 0 spiro atoms. The molecule has 1 heterocycles. The molecule has 0 aliphatic carbocycles. The summed E-state index contributed by atoms with van der Waals surface area (Å²) in [4.78, 5) is 12.1. The average Bonchev–Trinajstić information content (AvgIpc) is 2.88. The van der Waals surface area contributed by atoms with Crippen molar-refractivity contribution in [2.24, 2.45) is 0 Å². The van der Waals surface area contributed by atoms with Crippen LogP contribution in [0.3, 0.4) is 0 Å². The Labute approximate surface area is 213 Å². The van der Waals surface area contributed by atoms with Gasteiger partial charge in [0, 0.05) is 18.5 Å². The van der Waals surface area contributed by atoms with E-state index in [4.69, 9.17) is 9.47 Å². The van der Waals surface area contributed by atoms with Gasteiger partial charge in [-0.25, -0.2) is 0 Å². The van der Waals surface area contributed by atoms with E-state index >= 15 is 0 Å². The monoisotopic (exact) mass is 481 g/mol. The second kappa shape index (κ2) is 18.8. The summed E-state index contributed by atoms with van der Waals surface area (Å²) in [5.41, 5.74) is 0.893. The van der Waals surface area contributed by atoms with Gasteiger partial charge in [0.1, 0.15) is 12.4 Å². The third-order valence-corrected chi connectivity index (χ3v) is 6.46. The molecule has 0 amide bonds. The molecule has 0 fully saturated rings. The van der Waals surface area contributed by atoms with Crippen molar-refractivity contribution in [3.05, 3.63) is 64.6 Å². The van der Waals surface area contributed by atoms with Crippen LogP contribution in [0.2, 0.25) is 0 Å². The van der Waals surface area contributed by atoms with Crippen LogP contribution in [0.1, 0.15) is 109 Å². The SMILES string of the molecule is CCCCCCCCCCCCCCCCC=Cn1ccc(=O)c(OCc2ccc(OC)cc2)c1. The van der Waals surface area contributed by atoms with Crippen molar-refractivity contribution in [3.8, 4) is 11.5 Å². The first kappa shape index (κ1) is 28.7. The minimum atomic E-state index is -0.102. The predicted octanol–water partition coefficient (Wildman–Crippen LogP) is 8.78. The van der Waals surface area contributed by atoms with Gasteiger partial charge in [-0.15, -0.1) is 0 Å². The lowest BCUT2D eigenvalue weighted by molar-refractivity contribution is 0.301. The highest BCUT2D eigenvalue weighted by molar-refractivity contribution is 5.30. The molecule has 2 rings (SSSR count). The van der Waals surface area contributed by atoms with Crippen LogP contribution in [-0.4, -0.2) is 11.7 Å². The van der Waals surface area contributed by atoms with E-state index in [9.17, 15) is 4.79 Å². The van der Waals surface area contributed by atoms with Crippen LogP contribution < -0.4 is 14.9 Å². The highest BCUT2D eigenvalue weighted by atomic mass is 16.5. The lowest BCUT2D eigenvalue weighted by atomic mass is 10.0. The van der Waals surface area contributed by atoms with E-state index < -0.39 is 0 Å². The van der Waals surface area contributed by atoms with Gasteiger partial charge in [0.25, 0.3) is 0 Å². The zero-order valence-electron chi connectivity index (χ0n) is 22.2. The van der Waals surface area contributed by atoms with Crippen LogP contribution in [0.5, 0.6) is 11.5 Å². The third kappa shape index (κ3) is 13.2. The maximum Gasteiger partial charge on any atom is 0.223 e. The molecule has 0 aliphatic heterocycles. The molecule has 1 aromatic heterocycles. The molecule has 35 heavy (non-hydrogen) atoms. The molecule has 0 saturated heterocycles. The van der Waals surface area contributed by atoms with Crippen molar-refractivity contribution < 1.29 is 9.47 Å². The van der Waals surface area contributed by atoms with Crippen LogP contribution in [-0.2, 0) is 6.61 Å². The van der Waals surface area contributed by atoms with Gasteiger partial charge in [-0.1, -0.05) is 109 Å². The van der Waals surface area contributed by atoms with Crippen molar-refractivity contribution in [2.75, 3.05) is 7.11 Å². The van der Waals surface area contributed by atoms with Crippen molar-refractivity contribution in [1.82, 2.24) is 4.57 Å². The van der Waals surface area contributed by atoms with Crippen LogP contribution in [0.4, 0.5) is 0 Å². The molecule has 0 radical (unpaired) electrons. The number of aromatic nitrogens is 1. The average molecular weight is 482 g/mol. The summed E-state index contributed by atoms with van der Waals surface area (Å²) in [6.45, 7) is 2.63. The first-order valence-electron chi connectivity index (χ1n) is 13.9. The Kier molecular flexibility index (Phi) is 15.4. The van der Waals surface area contributed by atoms with E-state index in [0.717, 1.165) is 17.7 Å². The molecule has 1 aromatic carbocycles. The molecule has 194 valence electrons. The lowest BCUT2D eigenvalue weighted by Gasteiger charge is -2.08. The van der Waals surface area contributed by atoms with Crippen LogP contribution in [0.25, 0.3) is 6.20 Å². The Hall–Kier alpha value is -2.49. The number of pyridine rings is 1. The maximum atomic E-state index is 12.1. The Morgan fingerprint density at radius 2 is 1.34 bits per heavy atom. The number of benzene rings is 1. The summed E-state index contributed by atoms with van der Waals surface area (Å²) in [7, 11) is 1.64. The Balaban J connectivity index is 1.52. The van der Waals surface area contributed by atoms with E-state index in [0.29, 0.717) is 12.4 Å². The Bertz CT molecular complexity index is 870. The summed E-state index contributed by atoms with van der Waals surface area (Å²) in [6.07, 6.45) is 28.1. The molecule has 0 saturated carbocycles. The van der Waals surface area contributed by atoms with Gasteiger partial charge < -0.3 is 14.0 Å². The second-order valence-corrected chi connectivity index (χ2v) is 9.53. The molecule has 4 nitrogen and oxygen atoms in total. The molecule has 0 N–H and O–H groups in total. The van der Waals surface area contributed by atoms with Crippen molar-refractivity contribution in [3.63, 3.8) is 0 Å². The number of methoxy groups -OCH3 is 1. The molecular weight excluding hydrogens is 434 g/mol. The van der Waals surface area contributed by atoms with Crippen molar-refractivity contribution >= 4 is 6.20 Å². The predicted molar refractivity (Wildman–Crippen MR) is 148 cm³/mol. The van der Waals surface area contributed by atoms with Gasteiger partial charge in [-0.3, -0.25) is 4.79 Å². The highest BCUT2D eigenvalue weighted by Gasteiger charge is 2.02. The van der Waals surface area contributed by atoms with Gasteiger partial charge in [-0.05, 0) is 30.5 Å². The number of allylic oxidation sites excluding steroid dienone is 1. The molecule has 0 unspecified atom stereocenters. The fourth-order valence-corrected chi connectivity index (χ4v) is 4.21. The zero-order valence-corrected chi connectivity index (χ0v) is 22.2. The fourth-order valence-electron chi connectivity index (χ4n) is 4.21. The topological polar surface area (TPSA) is 40.5 Å². The Morgan fingerprint density at radius 3 is 1.91 bits per heavy atom. The summed E-state index contributed by atoms with van der Waals surface area (Å²) in [5.74, 6) is 1.17. The normalized spacial score (nSPS) is 11.3. The maximum absolute atomic E-state index is 12.1. The van der Waals surface area contributed by atoms with Crippen LogP contribution in [0.15, 0.2) is 53.6 Å². The number of unbranched alkanes of at least 4 members (excludes halogenated alkanes) is 14. The first-order chi connectivity index (χ1) is 17.2. The zero-order chi connectivity index (χ0) is 25.0. The quantitative estimate of drug-likeness (QED) is 0.177. The van der Waals surface area contributed by atoms with Gasteiger partial charge in [0.2, 0.25) is 5.43 Å². The minimum absolute atomic E-state index is 0.102. The van der Waals surface area contributed by atoms with Gasteiger partial charge in [0.15, 0.2) is 5.75 Å². The number of hydrogen-bond acceptors (Lipinski definition) is 3. The largest absolute Gasteiger partial charge is 0.497 e. The standard InChI is InChI=1S/C31H47NO3/c1-3-4-5-6-7-8-9-10-11-12-13-14-15-16-17-18-24-32-25-23-30(33)31(26-32)35-27-28-19-21-29(34-2)22-20-28/h18-26H,3-17,27H2,1-2H3. The van der Waals surface area contributed by atoms with Crippen LogP contribution >= 0.6 is 0 Å². The summed E-state index contributed by atoms with van der Waals surface area (Å²) >= 11 is 0. The third-order valence-electron chi connectivity index (χ3n) is 6.46. The van der Waals surface area contributed by atoms with Gasteiger partial charge in [-0.2, -0.15) is 0 Å². The number of nitrogens with zero attached hydrogens (tertiary/aromatic N) is 1. The van der Waals surface area contributed by atoms with Gasteiger partial charge in [0.05, 0.1) is 13.3 Å². The van der Waals surface area contributed by atoms with Crippen molar-refractivity contribution in [1.29, 1.82) is 0 Å². The molecule has 4 heteroatoms. The molecule has 0 atom stereocenters. The van der Waals surface area contributed by atoms with E-state index in [1.54, 1.807) is 25.6 Å². The molecule has 0 bridgehead atoms. The summed E-state index contributed by atoms with van der Waals surface area (Å²) in [6, 6.07) is 9.22. The van der Waals surface area contributed by atoms with E-state index in [-0.39, 0.29) is 5.43 Å². The van der Waals surface area contributed by atoms with Gasteiger partial charge >= 0.3 is 0 Å². The molecule has 0 aliphatic rings. The highest BCUT2D eigenvalue weighted by Crippen LogP contribution is 2.15. The number of hydrogen-bond donors (Lipinski definition) is 0. The Morgan fingerprint density at radius 1 is 0.771 bits per heavy atom.